The second-order valence-electron chi connectivity index (χ2n) is 3.83. The molecule has 1 radical (unpaired) electrons. The molecule has 0 aliphatic carbocycles. The first kappa shape index (κ1) is 15.0. The first-order valence-electron chi connectivity index (χ1n) is 5.32. The fraction of sp³-hybridized carbons (Fsp3) is 0.308. The standard InChI is InChI=1S/C13H15ClNO.Np/c1-10-9-15(7-4-8-16-2)12-6-3-5-11(14)13(10)12;/h3,5-6,9H,1,4,7-8H2,2H3;/q-1;. The Bertz CT molecular complexity index is 495. The van der Waals surface area contributed by atoms with Crippen molar-refractivity contribution in [3.05, 3.63) is 41.9 Å². The zero-order valence-corrected chi connectivity index (χ0v) is 14.3. The molecular weight excluding hydrogens is 459 g/mol. The van der Waals surface area contributed by atoms with E-state index < -0.39 is 0 Å². The van der Waals surface area contributed by atoms with Crippen LogP contribution in [0.15, 0.2) is 24.4 Å². The van der Waals surface area contributed by atoms with E-state index in [1.54, 1.807) is 7.11 Å². The van der Waals surface area contributed by atoms with Gasteiger partial charge in [0.1, 0.15) is 0 Å². The summed E-state index contributed by atoms with van der Waals surface area (Å²) in [6, 6.07) is 5.94. The molecule has 1 heterocycles. The van der Waals surface area contributed by atoms with Crippen molar-refractivity contribution < 1.29 is 34.7 Å². The molecule has 0 amide bonds. The summed E-state index contributed by atoms with van der Waals surface area (Å²) in [5, 5.41) is 1.83. The van der Waals surface area contributed by atoms with E-state index in [1.807, 2.05) is 18.3 Å². The number of halogens is 1. The molecule has 91 valence electrons. The number of benzene rings is 1. The van der Waals surface area contributed by atoms with Gasteiger partial charge < -0.3 is 9.30 Å². The van der Waals surface area contributed by atoms with Gasteiger partial charge in [0, 0.05) is 50.2 Å². The van der Waals surface area contributed by atoms with E-state index in [0.29, 0.717) is 0 Å². The van der Waals surface area contributed by atoms with Gasteiger partial charge in [-0.05, 0) is 17.0 Å². The summed E-state index contributed by atoms with van der Waals surface area (Å²) in [5.74, 6) is 0. The number of methoxy groups -OCH3 is 1. The van der Waals surface area contributed by atoms with Gasteiger partial charge in [-0.1, -0.05) is 41.4 Å². The van der Waals surface area contributed by atoms with Crippen LogP contribution in [0.4, 0.5) is 0 Å². The van der Waals surface area contributed by atoms with E-state index >= 15 is 0 Å². The minimum absolute atomic E-state index is 0. The molecule has 0 saturated heterocycles. The minimum Gasteiger partial charge on any atom is -0.410 e. The largest absolute Gasteiger partial charge is 0.410 e. The maximum Gasteiger partial charge on any atom is 0.0478 e. The molecule has 0 spiro atoms. The molecule has 2 rings (SSSR count). The average Bonchev–Trinajstić information content (AvgIpc) is 2.58. The Labute approximate surface area is 130 Å². The molecule has 0 aliphatic heterocycles. The van der Waals surface area contributed by atoms with Gasteiger partial charge in [-0.25, -0.2) is 0 Å². The van der Waals surface area contributed by atoms with Crippen molar-refractivity contribution in [2.45, 2.75) is 13.0 Å². The molecule has 0 atom stereocenters. The van der Waals surface area contributed by atoms with Crippen molar-refractivity contribution in [1.82, 2.24) is 4.57 Å². The Morgan fingerprint density at radius 1 is 1.41 bits per heavy atom. The molecule has 17 heavy (non-hydrogen) atoms. The van der Waals surface area contributed by atoms with Gasteiger partial charge in [-0.3, -0.25) is 0 Å². The van der Waals surface area contributed by atoms with Gasteiger partial charge in [0.15, 0.2) is 0 Å². The third kappa shape index (κ3) is 3.21. The summed E-state index contributed by atoms with van der Waals surface area (Å²) >= 11 is 6.16. The number of hydrogen-bond acceptors (Lipinski definition) is 1. The van der Waals surface area contributed by atoms with Crippen LogP contribution >= 0.6 is 11.6 Å². The van der Waals surface area contributed by atoms with E-state index in [-0.39, 0.29) is 29.9 Å². The van der Waals surface area contributed by atoms with Crippen molar-refractivity contribution in [3.8, 4) is 0 Å². The summed E-state index contributed by atoms with van der Waals surface area (Å²) in [6.45, 7) is 5.72. The number of fused-ring (bicyclic) bond motifs is 1. The zero-order chi connectivity index (χ0) is 11.5. The molecule has 0 N–H and O–H groups in total. The van der Waals surface area contributed by atoms with Crippen molar-refractivity contribution in [2.75, 3.05) is 13.7 Å². The molecule has 2 nitrogen and oxygen atoms in total. The second-order valence-corrected chi connectivity index (χ2v) is 4.24. The first-order chi connectivity index (χ1) is 7.74. The summed E-state index contributed by atoms with van der Waals surface area (Å²) in [7, 11) is 1.72. The molecule has 1 aromatic heterocycles. The Balaban J connectivity index is 0.00000144. The summed E-state index contributed by atoms with van der Waals surface area (Å²) in [5.41, 5.74) is 2.13. The third-order valence-electron chi connectivity index (χ3n) is 2.68. The van der Waals surface area contributed by atoms with Crippen LogP contribution in [0.2, 0.25) is 5.02 Å². The zero-order valence-electron chi connectivity index (χ0n) is 9.82. The van der Waals surface area contributed by atoms with Crippen molar-refractivity contribution in [2.24, 2.45) is 0 Å². The quantitative estimate of drug-likeness (QED) is 0.490. The minimum atomic E-state index is 0. The summed E-state index contributed by atoms with van der Waals surface area (Å²) in [4.78, 5) is 0. The molecule has 0 saturated carbocycles. The third-order valence-corrected chi connectivity index (χ3v) is 3.00. The van der Waals surface area contributed by atoms with Crippen LogP contribution in [0.25, 0.3) is 10.9 Å². The molecule has 2 aromatic rings. The topological polar surface area (TPSA) is 14.2 Å². The smallest absolute Gasteiger partial charge is 0.0478 e. The predicted molar refractivity (Wildman–Crippen MR) is 67.9 cm³/mol. The van der Waals surface area contributed by atoms with E-state index in [4.69, 9.17) is 16.3 Å². The van der Waals surface area contributed by atoms with E-state index in [1.165, 1.54) is 0 Å². The Morgan fingerprint density at radius 3 is 2.88 bits per heavy atom. The van der Waals surface area contributed by atoms with Gasteiger partial charge in [0.25, 0.3) is 0 Å². The Hall–Kier alpha value is -0.107. The first-order valence-corrected chi connectivity index (χ1v) is 5.70. The van der Waals surface area contributed by atoms with Crippen LogP contribution in [0.1, 0.15) is 12.0 Å². The van der Waals surface area contributed by atoms with Crippen LogP contribution in [0, 0.1) is 36.9 Å². The van der Waals surface area contributed by atoms with Gasteiger partial charge in [0.2, 0.25) is 0 Å². The SMILES string of the molecule is [CH2-]c1cn(CCCOC)c2cccc(Cl)c12.[Np]. The maximum absolute atomic E-state index is 6.16. The van der Waals surface area contributed by atoms with Crippen LogP contribution in [0.3, 0.4) is 0 Å². The van der Waals surface area contributed by atoms with Gasteiger partial charge >= 0.3 is 0 Å². The van der Waals surface area contributed by atoms with Crippen LogP contribution in [0.5, 0.6) is 0 Å². The molecule has 4 heteroatoms. The van der Waals surface area contributed by atoms with Gasteiger partial charge in [-0.15, -0.1) is 0 Å². The number of aromatic nitrogens is 1. The van der Waals surface area contributed by atoms with Crippen molar-refractivity contribution >= 4 is 22.5 Å². The van der Waals surface area contributed by atoms with E-state index in [2.05, 4.69) is 17.6 Å². The fourth-order valence-electron chi connectivity index (χ4n) is 1.96. The van der Waals surface area contributed by atoms with E-state index in [9.17, 15) is 0 Å². The average molecular weight is 474 g/mol. The van der Waals surface area contributed by atoms with Crippen molar-refractivity contribution in [3.63, 3.8) is 0 Å². The number of nitrogens with zero attached hydrogens (tertiary/aromatic N) is 1. The molecule has 1 aromatic carbocycles. The molecule has 0 bridgehead atoms. The summed E-state index contributed by atoms with van der Waals surface area (Å²) in [6.07, 6.45) is 3.04. The van der Waals surface area contributed by atoms with Crippen LogP contribution in [-0.2, 0) is 11.3 Å². The monoisotopic (exact) mass is 472 g/mol. The van der Waals surface area contributed by atoms with E-state index in [0.717, 1.165) is 41.1 Å². The van der Waals surface area contributed by atoms with Crippen LogP contribution < -0.4 is 0 Å². The predicted octanol–water partition coefficient (Wildman–Crippen LogP) is 3.51. The Kier molecular flexibility index (Phi) is 5.92. The molecule has 0 aliphatic rings. The number of hydrogen-bond donors (Lipinski definition) is 0. The van der Waals surface area contributed by atoms with Gasteiger partial charge in [-0.2, -0.15) is 12.5 Å². The molecular formula is C13H15ClNNpO-. The maximum atomic E-state index is 6.16. The van der Waals surface area contributed by atoms with Gasteiger partial charge in [0.05, 0.1) is 0 Å². The normalized spacial score (nSPS) is 10.5. The van der Waals surface area contributed by atoms with Crippen molar-refractivity contribution in [1.29, 1.82) is 0 Å². The number of rotatable bonds is 4. The van der Waals surface area contributed by atoms with Crippen LogP contribution in [-0.4, -0.2) is 18.3 Å². The Morgan fingerprint density at radius 2 is 2.18 bits per heavy atom. The molecule has 0 fully saturated rings. The number of aryl methyl sites for hydroxylation is 1. The second kappa shape index (κ2) is 6.73. The summed E-state index contributed by atoms with van der Waals surface area (Å²) < 4.78 is 7.23. The molecule has 0 unspecified atom stereocenters. The fourth-order valence-corrected chi connectivity index (χ4v) is 2.25. The number of ether oxygens (including phenoxy) is 1.